The van der Waals surface area contributed by atoms with Crippen LogP contribution in [0.4, 0.5) is 5.69 Å². The Morgan fingerprint density at radius 3 is 2.63 bits per heavy atom. The molecule has 1 aromatic carbocycles. The summed E-state index contributed by atoms with van der Waals surface area (Å²) in [6, 6.07) is 5.30. The zero-order valence-electron chi connectivity index (χ0n) is 10.3. The molecule has 1 fully saturated rings. The minimum Gasteiger partial charge on any atom is -0.273 e. The first-order valence-electron chi connectivity index (χ1n) is 5.83. The molecule has 1 aliphatic carbocycles. The van der Waals surface area contributed by atoms with E-state index in [1.807, 2.05) is 6.92 Å². The van der Waals surface area contributed by atoms with Crippen molar-refractivity contribution in [2.24, 2.45) is 11.8 Å². The second-order valence-corrected chi connectivity index (χ2v) is 4.57. The molecule has 2 rings (SSSR count). The molecular formula is C12H13N3O4. The molecule has 2 atom stereocenters. The third-order valence-corrected chi connectivity index (χ3v) is 3.06. The van der Waals surface area contributed by atoms with Gasteiger partial charge in [0.2, 0.25) is 5.91 Å². The zero-order valence-corrected chi connectivity index (χ0v) is 10.3. The van der Waals surface area contributed by atoms with Crippen LogP contribution >= 0.6 is 0 Å². The fourth-order valence-electron chi connectivity index (χ4n) is 1.73. The molecule has 0 aromatic heterocycles. The lowest BCUT2D eigenvalue weighted by Crippen LogP contribution is -2.42. The van der Waals surface area contributed by atoms with Gasteiger partial charge in [0.25, 0.3) is 11.6 Å². The third kappa shape index (κ3) is 3.06. The molecule has 1 aromatic rings. The van der Waals surface area contributed by atoms with Gasteiger partial charge < -0.3 is 0 Å². The number of nitrogens with one attached hydrogen (secondary N) is 2. The van der Waals surface area contributed by atoms with Crippen LogP contribution in [0.3, 0.4) is 0 Å². The van der Waals surface area contributed by atoms with Gasteiger partial charge in [-0.3, -0.25) is 30.6 Å². The van der Waals surface area contributed by atoms with Gasteiger partial charge in [-0.1, -0.05) is 13.0 Å². The maximum Gasteiger partial charge on any atom is 0.270 e. The summed E-state index contributed by atoms with van der Waals surface area (Å²) >= 11 is 0. The van der Waals surface area contributed by atoms with Crippen molar-refractivity contribution in [2.45, 2.75) is 13.3 Å². The summed E-state index contributed by atoms with van der Waals surface area (Å²) in [7, 11) is 0. The second kappa shape index (κ2) is 5.05. The first kappa shape index (κ1) is 13.0. The number of amides is 2. The molecule has 0 radical (unpaired) electrons. The average Bonchev–Trinajstić information content (AvgIpc) is 3.13. The van der Waals surface area contributed by atoms with Crippen LogP contribution in [0.2, 0.25) is 0 Å². The topological polar surface area (TPSA) is 101 Å². The van der Waals surface area contributed by atoms with Crippen molar-refractivity contribution < 1.29 is 14.5 Å². The predicted molar refractivity (Wildman–Crippen MR) is 66.0 cm³/mol. The normalized spacial score (nSPS) is 20.5. The quantitative estimate of drug-likeness (QED) is 0.627. The largest absolute Gasteiger partial charge is 0.273 e. The van der Waals surface area contributed by atoms with E-state index in [0.29, 0.717) is 5.92 Å². The Labute approximate surface area is 109 Å². The highest BCUT2D eigenvalue weighted by Gasteiger charge is 2.39. The summed E-state index contributed by atoms with van der Waals surface area (Å²) in [4.78, 5) is 33.2. The summed E-state index contributed by atoms with van der Waals surface area (Å²) in [5.74, 6) is -0.517. The van der Waals surface area contributed by atoms with E-state index >= 15 is 0 Å². The van der Waals surface area contributed by atoms with E-state index in [9.17, 15) is 19.7 Å². The van der Waals surface area contributed by atoms with Crippen LogP contribution in [0, 0.1) is 22.0 Å². The number of rotatable bonds is 3. The molecule has 1 aliphatic rings. The van der Waals surface area contributed by atoms with E-state index in [-0.39, 0.29) is 23.1 Å². The number of hydrogen-bond acceptors (Lipinski definition) is 4. The van der Waals surface area contributed by atoms with Crippen LogP contribution in [0.1, 0.15) is 23.7 Å². The van der Waals surface area contributed by atoms with Crippen LogP contribution in [-0.2, 0) is 4.79 Å². The molecule has 0 bridgehead atoms. The SMILES string of the molecule is C[C@H]1C[C@H]1C(=O)NNC(=O)c1cccc([N+](=O)[O-])c1. The Morgan fingerprint density at radius 2 is 2.05 bits per heavy atom. The average molecular weight is 263 g/mol. The van der Waals surface area contributed by atoms with Gasteiger partial charge in [0.1, 0.15) is 0 Å². The monoisotopic (exact) mass is 263 g/mol. The smallest absolute Gasteiger partial charge is 0.270 e. The molecule has 2 amide bonds. The summed E-state index contributed by atoms with van der Waals surface area (Å²) in [5.41, 5.74) is 4.51. The molecule has 0 spiro atoms. The third-order valence-electron chi connectivity index (χ3n) is 3.06. The van der Waals surface area contributed by atoms with Crippen LogP contribution in [0.5, 0.6) is 0 Å². The molecule has 1 saturated carbocycles. The van der Waals surface area contributed by atoms with Gasteiger partial charge in [0.15, 0.2) is 0 Å². The van der Waals surface area contributed by atoms with E-state index in [1.165, 1.54) is 18.2 Å². The highest BCUT2D eigenvalue weighted by Crippen LogP contribution is 2.37. The van der Waals surface area contributed by atoms with Gasteiger partial charge in [0.05, 0.1) is 4.92 Å². The summed E-state index contributed by atoms with van der Waals surface area (Å²) in [6.45, 7) is 1.95. The molecule has 0 unspecified atom stereocenters. The van der Waals surface area contributed by atoms with Gasteiger partial charge in [-0.05, 0) is 18.4 Å². The van der Waals surface area contributed by atoms with Crippen LogP contribution in [0.25, 0.3) is 0 Å². The minimum atomic E-state index is -0.582. The van der Waals surface area contributed by atoms with E-state index in [1.54, 1.807) is 0 Å². The second-order valence-electron chi connectivity index (χ2n) is 4.57. The number of benzene rings is 1. The zero-order chi connectivity index (χ0) is 14.0. The van der Waals surface area contributed by atoms with Crippen LogP contribution in [0.15, 0.2) is 24.3 Å². The van der Waals surface area contributed by atoms with Crippen molar-refractivity contribution in [3.63, 3.8) is 0 Å². The van der Waals surface area contributed by atoms with Crippen molar-refractivity contribution >= 4 is 17.5 Å². The highest BCUT2D eigenvalue weighted by molar-refractivity contribution is 5.96. The number of hydrogen-bond donors (Lipinski definition) is 2. The van der Waals surface area contributed by atoms with Crippen molar-refractivity contribution in [3.8, 4) is 0 Å². The van der Waals surface area contributed by atoms with Gasteiger partial charge in [-0.25, -0.2) is 0 Å². The molecule has 100 valence electrons. The maximum absolute atomic E-state index is 11.7. The number of non-ortho nitro benzene ring substituents is 1. The van der Waals surface area contributed by atoms with E-state index < -0.39 is 10.8 Å². The van der Waals surface area contributed by atoms with E-state index in [0.717, 1.165) is 12.5 Å². The number of nitrogens with zero attached hydrogens (tertiary/aromatic N) is 1. The number of nitro groups is 1. The first-order chi connectivity index (χ1) is 8.99. The lowest BCUT2D eigenvalue weighted by molar-refractivity contribution is -0.384. The highest BCUT2D eigenvalue weighted by atomic mass is 16.6. The Hall–Kier alpha value is -2.44. The number of carbonyl (C=O) groups excluding carboxylic acids is 2. The molecular weight excluding hydrogens is 250 g/mol. The summed E-state index contributed by atoms with van der Waals surface area (Å²) in [5, 5.41) is 10.6. The Morgan fingerprint density at radius 1 is 1.37 bits per heavy atom. The number of nitro benzene ring substituents is 1. The van der Waals surface area contributed by atoms with Crippen molar-refractivity contribution in [2.75, 3.05) is 0 Å². The van der Waals surface area contributed by atoms with Gasteiger partial charge in [-0.2, -0.15) is 0 Å². The standard InChI is InChI=1S/C12H13N3O4/c1-7-5-10(7)12(17)14-13-11(16)8-3-2-4-9(6-8)15(18)19/h2-4,6-7,10H,5H2,1H3,(H,13,16)(H,14,17)/t7-,10+/m0/s1. The Bertz CT molecular complexity index is 544. The lowest BCUT2D eigenvalue weighted by Gasteiger charge is -2.06. The minimum absolute atomic E-state index is 0.0505. The fourth-order valence-corrected chi connectivity index (χ4v) is 1.73. The number of carbonyl (C=O) groups is 2. The molecule has 0 saturated heterocycles. The summed E-state index contributed by atoms with van der Waals surface area (Å²) < 4.78 is 0. The van der Waals surface area contributed by atoms with Crippen molar-refractivity contribution in [3.05, 3.63) is 39.9 Å². The Kier molecular flexibility index (Phi) is 3.46. The molecule has 19 heavy (non-hydrogen) atoms. The van der Waals surface area contributed by atoms with Gasteiger partial charge in [0, 0.05) is 23.6 Å². The summed E-state index contributed by atoms with van der Waals surface area (Å²) in [6.07, 6.45) is 0.818. The van der Waals surface area contributed by atoms with E-state index in [4.69, 9.17) is 0 Å². The molecule has 2 N–H and O–H groups in total. The molecule has 7 nitrogen and oxygen atoms in total. The van der Waals surface area contributed by atoms with Crippen molar-refractivity contribution in [1.82, 2.24) is 10.9 Å². The first-order valence-corrected chi connectivity index (χ1v) is 5.83. The van der Waals surface area contributed by atoms with Crippen molar-refractivity contribution in [1.29, 1.82) is 0 Å². The molecule has 7 heteroatoms. The maximum atomic E-state index is 11.7. The Balaban J connectivity index is 1.94. The fraction of sp³-hybridized carbons (Fsp3) is 0.333. The number of hydrazine groups is 1. The molecule has 0 heterocycles. The van der Waals surface area contributed by atoms with Crippen LogP contribution < -0.4 is 10.9 Å². The van der Waals surface area contributed by atoms with Gasteiger partial charge >= 0.3 is 0 Å². The van der Waals surface area contributed by atoms with Gasteiger partial charge in [-0.15, -0.1) is 0 Å². The van der Waals surface area contributed by atoms with E-state index in [2.05, 4.69) is 10.9 Å². The molecule has 0 aliphatic heterocycles. The predicted octanol–water partition coefficient (Wildman–Crippen LogP) is 1.01. The van der Waals surface area contributed by atoms with Crippen LogP contribution in [-0.4, -0.2) is 16.7 Å². The lowest BCUT2D eigenvalue weighted by atomic mass is 10.2.